The number of aryl methyl sites for hydroxylation is 2. The fourth-order valence-electron chi connectivity index (χ4n) is 2.07. The number of hydrogen-bond acceptors (Lipinski definition) is 3. The van der Waals surface area contributed by atoms with Crippen LogP contribution < -0.4 is 5.56 Å². The van der Waals surface area contributed by atoms with Crippen LogP contribution in [0.1, 0.15) is 44.5 Å². The van der Waals surface area contributed by atoms with Crippen LogP contribution in [0.25, 0.3) is 0 Å². The fourth-order valence-corrected chi connectivity index (χ4v) is 2.07. The van der Waals surface area contributed by atoms with Gasteiger partial charge in [-0.25, -0.2) is 4.79 Å². The van der Waals surface area contributed by atoms with Gasteiger partial charge in [-0.05, 0) is 19.4 Å². The second kappa shape index (κ2) is 5.75. The molecule has 0 aliphatic heterocycles. The van der Waals surface area contributed by atoms with Crippen LogP contribution in [0.4, 0.5) is 0 Å². The molecule has 21 heavy (non-hydrogen) atoms. The molecule has 0 saturated carbocycles. The van der Waals surface area contributed by atoms with E-state index in [1.165, 1.54) is 0 Å². The number of aromatic carboxylic acids is 1. The average Bonchev–Trinajstić information content (AvgIpc) is 2.46. The molecule has 0 saturated heterocycles. The molecule has 0 amide bonds. The maximum atomic E-state index is 12.5. The number of H-pyrrole nitrogens is 1. The lowest BCUT2D eigenvalue weighted by molar-refractivity contribution is 0.0695. The lowest BCUT2D eigenvalue weighted by Crippen LogP contribution is -2.22. The van der Waals surface area contributed by atoms with E-state index in [1.54, 1.807) is 19.1 Å². The van der Waals surface area contributed by atoms with Gasteiger partial charge in [0, 0.05) is 16.8 Å². The number of aromatic nitrogens is 1. The third-order valence-corrected chi connectivity index (χ3v) is 3.27. The van der Waals surface area contributed by atoms with Crippen LogP contribution in [0.15, 0.2) is 35.1 Å². The van der Waals surface area contributed by atoms with Crippen molar-refractivity contribution in [2.24, 2.45) is 0 Å². The molecule has 0 spiro atoms. The Morgan fingerprint density at radius 1 is 1.14 bits per heavy atom. The fraction of sp³-hybridized carbons (Fsp3) is 0.188. The summed E-state index contributed by atoms with van der Waals surface area (Å²) >= 11 is 0. The minimum absolute atomic E-state index is 0.221. The summed E-state index contributed by atoms with van der Waals surface area (Å²) in [5.74, 6) is -1.65. The number of carbonyl (C=O) groups excluding carboxylic acids is 1. The number of carbonyl (C=O) groups is 2. The maximum Gasteiger partial charge on any atom is 0.341 e. The van der Waals surface area contributed by atoms with Crippen molar-refractivity contribution in [2.75, 3.05) is 0 Å². The highest BCUT2D eigenvalue weighted by Crippen LogP contribution is 2.14. The van der Waals surface area contributed by atoms with Crippen LogP contribution in [0.5, 0.6) is 0 Å². The number of rotatable bonds is 4. The topological polar surface area (TPSA) is 87.2 Å². The number of hydrogen-bond donors (Lipinski definition) is 2. The van der Waals surface area contributed by atoms with E-state index in [2.05, 4.69) is 4.98 Å². The monoisotopic (exact) mass is 285 g/mol. The third kappa shape index (κ3) is 2.91. The van der Waals surface area contributed by atoms with Crippen molar-refractivity contribution in [3.05, 3.63) is 68.6 Å². The Morgan fingerprint density at radius 2 is 1.76 bits per heavy atom. The van der Waals surface area contributed by atoms with Crippen molar-refractivity contribution in [3.63, 3.8) is 0 Å². The standard InChI is InChI=1S/C16H15NO4/c1-3-13-11(8-12(16(20)21)15(19)17-13)14(18)10-6-4-9(2)5-7-10/h4-8H,3H2,1-2H3,(H,17,19)(H,20,21). The first kappa shape index (κ1) is 14.7. The van der Waals surface area contributed by atoms with Gasteiger partial charge in [0.25, 0.3) is 5.56 Å². The Balaban J connectivity index is 2.58. The van der Waals surface area contributed by atoms with Crippen molar-refractivity contribution in [3.8, 4) is 0 Å². The number of carboxylic acid groups (broad SMARTS) is 1. The van der Waals surface area contributed by atoms with Crippen LogP contribution in [-0.4, -0.2) is 21.8 Å². The molecule has 1 heterocycles. The predicted molar refractivity (Wildman–Crippen MR) is 78.0 cm³/mol. The summed E-state index contributed by atoms with van der Waals surface area (Å²) in [5.41, 5.74) is 1.02. The number of nitrogens with one attached hydrogen (secondary N) is 1. The van der Waals surface area contributed by atoms with Crippen molar-refractivity contribution in [2.45, 2.75) is 20.3 Å². The summed E-state index contributed by atoms with van der Waals surface area (Å²) in [6.45, 7) is 3.70. The zero-order chi connectivity index (χ0) is 15.6. The highest BCUT2D eigenvalue weighted by molar-refractivity contribution is 6.10. The highest BCUT2D eigenvalue weighted by atomic mass is 16.4. The summed E-state index contributed by atoms with van der Waals surface area (Å²) < 4.78 is 0. The van der Waals surface area contributed by atoms with Crippen LogP contribution in [0.3, 0.4) is 0 Å². The van der Waals surface area contributed by atoms with Gasteiger partial charge in [0.2, 0.25) is 0 Å². The van der Waals surface area contributed by atoms with Gasteiger partial charge >= 0.3 is 5.97 Å². The maximum absolute atomic E-state index is 12.5. The van der Waals surface area contributed by atoms with Gasteiger partial charge < -0.3 is 10.1 Å². The van der Waals surface area contributed by atoms with Gasteiger partial charge in [0.05, 0.1) is 0 Å². The molecule has 1 aromatic carbocycles. The Labute approximate surface area is 121 Å². The van der Waals surface area contributed by atoms with Gasteiger partial charge in [-0.3, -0.25) is 9.59 Å². The third-order valence-electron chi connectivity index (χ3n) is 3.27. The molecule has 0 fully saturated rings. The summed E-state index contributed by atoms with van der Waals surface area (Å²) in [4.78, 5) is 37.7. The van der Waals surface area contributed by atoms with E-state index in [9.17, 15) is 14.4 Å². The highest BCUT2D eigenvalue weighted by Gasteiger charge is 2.18. The second-order valence-electron chi connectivity index (χ2n) is 4.76. The van der Waals surface area contributed by atoms with Gasteiger partial charge in [0.15, 0.2) is 5.78 Å². The molecule has 2 N–H and O–H groups in total. The van der Waals surface area contributed by atoms with Crippen LogP contribution >= 0.6 is 0 Å². The Kier molecular flexibility index (Phi) is 4.03. The number of pyridine rings is 1. The molecule has 108 valence electrons. The van der Waals surface area contributed by atoms with Gasteiger partial charge in [-0.15, -0.1) is 0 Å². The lowest BCUT2D eigenvalue weighted by atomic mass is 9.98. The van der Waals surface area contributed by atoms with E-state index >= 15 is 0 Å². The van der Waals surface area contributed by atoms with E-state index in [0.717, 1.165) is 11.6 Å². The van der Waals surface area contributed by atoms with E-state index in [4.69, 9.17) is 5.11 Å². The molecule has 2 aromatic rings. The van der Waals surface area contributed by atoms with Crippen LogP contribution in [-0.2, 0) is 6.42 Å². The van der Waals surface area contributed by atoms with E-state index < -0.39 is 17.1 Å². The number of carboxylic acids is 1. The largest absolute Gasteiger partial charge is 0.477 e. The summed E-state index contributed by atoms with van der Waals surface area (Å²) in [5, 5.41) is 9.01. The molecular weight excluding hydrogens is 270 g/mol. The summed E-state index contributed by atoms with van der Waals surface area (Å²) in [6, 6.07) is 8.14. The zero-order valence-electron chi connectivity index (χ0n) is 11.8. The molecule has 0 radical (unpaired) electrons. The second-order valence-corrected chi connectivity index (χ2v) is 4.76. The van der Waals surface area contributed by atoms with E-state index in [0.29, 0.717) is 17.7 Å². The first-order valence-electron chi connectivity index (χ1n) is 6.55. The van der Waals surface area contributed by atoms with Crippen molar-refractivity contribution < 1.29 is 14.7 Å². The molecule has 5 nitrogen and oxygen atoms in total. The quantitative estimate of drug-likeness (QED) is 0.843. The normalized spacial score (nSPS) is 10.4. The molecule has 0 unspecified atom stereocenters. The Hall–Kier alpha value is -2.69. The number of ketones is 1. The Bertz CT molecular complexity index is 757. The molecule has 0 aliphatic rings. The minimum atomic E-state index is -1.35. The van der Waals surface area contributed by atoms with E-state index in [1.807, 2.05) is 19.1 Å². The van der Waals surface area contributed by atoms with Gasteiger partial charge in [-0.2, -0.15) is 0 Å². The van der Waals surface area contributed by atoms with Crippen molar-refractivity contribution in [1.29, 1.82) is 0 Å². The zero-order valence-corrected chi connectivity index (χ0v) is 11.8. The Morgan fingerprint density at radius 3 is 2.29 bits per heavy atom. The number of benzene rings is 1. The molecule has 5 heteroatoms. The molecule has 2 rings (SSSR count). The van der Waals surface area contributed by atoms with Crippen molar-refractivity contribution in [1.82, 2.24) is 4.98 Å². The lowest BCUT2D eigenvalue weighted by Gasteiger charge is -2.08. The molecule has 0 bridgehead atoms. The number of aromatic amines is 1. The molecule has 0 atom stereocenters. The van der Waals surface area contributed by atoms with Gasteiger partial charge in [0.1, 0.15) is 5.56 Å². The van der Waals surface area contributed by atoms with Crippen LogP contribution in [0, 0.1) is 6.92 Å². The SMILES string of the molecule is CCc1[nH]c(=O)c(C(=O)O)cc1C(=O)c1ccc(C)cc1. The molecular formula is C16H15NO4. The average molecular weight is 285 g/mol. The van der Waals surface area contributed by atoms with Crippen molar-refractivity contribution >= 4 is 11.8 Å². The summed E-state index contributed by atoms with van der Waals surface area (Å²) in [7, 11) is 0. The van der Waals surface area contributed by atoms with E-state index in [-0.39, 0.29) is 11.3 Å². The first-order chi connectivity index (χ1) is 9.93. The molecule has 1 aromatic heterocycles. The smallest absolute Gasteiger partial charge is 0.341 e. The van der Waals surface area contributed by atoms with Gasteiger partial charge in [-0.1, -0.05) is 36.8 Å². The molecule has 0 aliphatic carbocycles. The van der Waals surface area contributed by atoms with Crippen LogP contribution in [0.2, 0.25) is 0 Å². The predicted octanol–water partition coefficient (Wildman–Crippen LogP) is 2.17. The first-order valence-corrected chi connectivity index (χ1v) is 6.55. The summed E-state index contributed by atoms with van der Waals surface area (Å²) in [6.07, 6.45) is 0.433. The minimum Gasteiger partial charge on any atom is -0.477 e.